The van der Waals surface area contributed by atoms with Gasteiger partial charge in [-0.05, 0) is 78.1 Å². The Kier molecular flexibility index (Phi) is 12.9. The van der Waals surface area contributed by atoms with Gasteiger partial charge >= 0.3 is 18.2 Å². The smallest absolute Gasteiger partial charge is 0.408 e. The fourth-order valence-electron chi connectivity index (χ4n) is 4.03. The van der Waals surface area contributed by atoms with Crippen LogP contribution in [0.25, 0.3) is 0 Å². The Bertz CT molecular complexity index is 1350. The van der Waals surface area contributed by atoms with E-state index < -0.39 is 53.3 Å². The van der Waals surface area contributed by atoms with E-state index in [0.29, 0.717) is 0 Å². The van der Waals surface area contributed by atoms with Gasteiger partial charge in [0.05, 0.1) is 12.2 Å². The van der Waals surface area contributed by atoms with Gasteiger partial charge in [0, 0.05) is 17.8 Å². The van der Waals surface area contributed by atoms with Crippen molar-refractivity contribution < 1.29 is 38.2 Å². The van der Waals surface area contributed by atoms with Crippen LogP contribution in [-0.2, 0) is 30.2 Å². The largest absolute Gasteiger partial charge is 0.462 e. The van der Waals surface area contributed by atoms with Crippen molar-refractivity contribution in [1.29, 1.82) is 0 Å². The molecule has 0 aliphatic rings. The maximum Gasteiger partial charge on any atom is 0.408 e. The third kappa shape index (κ3) is 13.3. The Hall–Kier alpha value is -4.61. The number of carbonyl (C=O) groups is 5. The van der Waals surface area contributed by atoms with Crippen LogP contribution in [0.2, 0.25) is 0 Å². The molecule has 246 valence electrons. The van der Waals surface area contributed by atoms with Gasteiger partial charge in [0.25, 0.3) is 0 Å². The van der Waals surface area contributed by atoms with Crippen LogP contribution in [0, 0.1) is 5.92 Å². The van der Waals surface area contributed by atoms with Gasteiger partial charge in [-0.3, -0.25) is 9.59 Å². The van der Waals surface area contributed by atoms with E-state index in [2.05, 4.69) is 21.3 Å². The molecule has 0 spiro atoms. The molecule has 0 saturated heterocycles. The number of carbonyl (C=O) groups excluding carboxylic acids is 5. The van der Waals surface area contributed by atoms with Crippen LogP contribution in [0.3, 0.4) is 0 Å². The first-order chi connectivity index (χ1) is 20.9. The van der Waals surface area contributed by atoms with E-state index in [1.54, 1.807) is 62.3 Å². The number of nitrogens with one attached hydrogen (secondary N) is 4. The summed E-state index contributed by atoms with van der Waals surface area (Å²) in [5.41, 5.74) is -0.376. The minimum atomic E-state index is -1.05. The monoisotopic (exact) mass is 626 g/mol. The Morgan fingerprint density at radius 1 is 0.733 bits per heavy atom. The molecule has 0 saturated carbocycles. The average Bonchev–Trinajstić information content (AvgIpc) is 2.89. The number of hydrogen-bond donors (Lipinski definition) is 4. The average molecular weight is 627 g/mol. The zero-order valence-corrected chi connectivity index (χ0v) is 27.5. The Labute approximate surface area is 264 Å². The van der Waals surface area contributed by atoms with Gasteiger partial charge < -0.3 is 35.5 Å². The first-order valence-electron chi connectivity index (χ1n) is 14.8. The molecule has 0 aliphatic carbocycles. The van der Waals surface area contributed by atoms with Crippen LogP contribution in [0.1, 0.15) is 78.2 Å². The predicted molar refractivity (Wildman–Crippen MR) is 171 cm³/mol. The zero-order chi connectivity index (χ0) is 33.9. The maximum atomic E-state index is 13.5. The van der Waals surface area contributed by atoms with Crippen molar-refractivity contribution in [2.24, 2.45) is 5.92 Å². The highest BCUT2D eigenvalue weighted by Gasteiger charge is 2.28. The molecule has 0 bridgehead atoms. The Morgan fingerprint density at radius 3 is 1.73 bits per heavy atom. The Balaban J connectivity index is 2.38. The highest BCUT2D eigenvalue weighted by atomic mass is 16.6. The lowest BCUT2D eigenvalue weighted by Gasteiger charge is -2.25. The third-order valence-electron chi connectivity index (χ3n) is 5.89. The molecule has 12 nitrogen and oxygen atoms in total. The second-order valence-electron chi connectivity index (χ2n) is 12.8. The van der Waals surface area contributed by atoms with Gasteiger partial charge in [0.1, 0.15) is 23.3 Å². The molecule has 0 radical (unpaired) electrons. The molecule has 0 heterocycles. The summed E-state index contributed by atoms with van der Waals surface area (Å²) in [6.07, 6.45) is -1.38. The molecule has 4 amide bonds. The first-order valence-corrected chi connectivity index (χ1v) is 14.8. The minimum absolute atomic E-state index is 0.0610. The molecule has 12 heteroatoms. The second-order valence-corrected chi connectivity index (χ2v) is 12.8. The zero-order valence-electron chi connectivity index (χ0n) is 27.5. The number of benzene rings is 2. The fraction of sp³-hybridized carbons (Fsp3) is 0.485. The van der Waals surface area contributed by atoms with E-state index in [-0.39, 0.29) is 35.9 Å². The molecule has 2 rings (SSSR count). The van der Waals surface area contributed by atoms with E-state index >= 15 is 0 Å². The lowest BCUT2D eigenvalue weighted by Crippen LogP contribution is -2.48. The quantitative estimate of drug-likeness (QED) is 0.190. The van der Waals surface area contributed by atoms with Crippen LogP contribution in [0.4, 0.5) is 21.0 Å². The number of ether oxygens (including phenoxy) is 3. The molecule has 4 N–H and O–H groups in total. The summed E-state index contributed by atoms with van der Waals surface area (Å²) in [4.78, 5) is 64.6. The van der Waals surface area contributed by atoms with E-state index in [4.69, 9.17) is 14.2 Å². The lowest BCUT2D eigenvalue weighted by molar-refractivity contribution is -0.119. The Morgan fingerprint density at radius 2 is 1.24 bits per heavy atom. The summed E-state index contributed by atoms with van der Waals surface area (Å²) in [5, 5.41) is 10.6. The second kappa shape index (κ2) is 15.9. The normalized spacial score (nSPS) is 12.8. The van der Waals surface area contributed by atoms with Gasteiger partial charge in [-0.25, -0.2) is 14.4 Å². The van der Waals surface area contributed by atoms with E-state index in [1.165, 1.54) is 18.2 Å². The number of amides is 4. The highest BCUT2D eigenvalue weighted by molar-refractivity contribution is 6.02. The van der Waals surface area contributed by atoms with E-state index in [1.807, 2.05) is 30.3 Å². The van der Waals surface area contributed by atoms with Crippen LogP contribution in [0.15, 0.2) is 48.5 Å². The van der Waals surface area contributed by atoms with Gasteiger partial charge in [-0.1, -0.05) is 44.2 Å². The first kappa shape index (κ1) is 36.6. The summed E-state index contributed by atoms with van der Waals surface area (Å²) < 4.78 is 15.8. The van der Waals surface area contributed by atoms with Crippen molar-refractivity contribution >= 4 is 41.3 Å². The van der Waals surface area contributed by atoms with Crippen LogP contribution in [-0.4, -0.2) is 59.9 Å². The standard InChI is InChI=1S/C33H46N4O8/c1-10-43-29(40)22-17-23(19-24(18-22)35-28(39)26(20(2)3)37-31(42)45-33(7,8)9)34-27(38)25(16-21-14-12-11-13-15-21)36-30(41)44-32(4,5)6/h11-15,17-20,25-26H,10,16H2,1-9H3,(H,34,38)(H,35,39)(H,36,41)(H,37,42)/t25-,26-/m0/s1. The number of rotatable bonds is 11. The SMILES string of the molecule is CCOC(=O)c1cc(NC(=O)[C@H](Cc2ccccc2)NC(=O)OC(C)(C)C)cc(NC(=O)[C@@H](NC(=O)OC(C)(C)C)C(C)C)c1. The third-order valence-corrected chi connectivity index (χ3v) is 5.89. The van der Waals surface area contributed by atoms with Gasteiger partial charge in [-0.15, -0.1) is 0 Å². The molecule has 2 atom stereocenters. The maximum absolute atomic E-state index is 13.5. The van der Waals surface area contributed by atoms with Crippen molar-refractivity contribution in [3.63, 3.8) is 0 Å². The minimum Gasteiger partial charge on any atom is -0.462 e. The molecule has 0 aromatic heterocycles. The molecular weight excluding hydrogens is 580 g/mol. The highest BCUT2D eigenvalue weighted by Crippen LogP contribution is 2.22. The molecule has 2 aromatic carbocycles. The van der Waals surface area contributed by atoms with Crippen molar-refractivity contribution in [1.82, 2.24) is 10.6 Å². The van der Waals surface area contributed by atoms with Crippen LogP contribution >= 0.6 is 0 Å². The topological polar surface area (TPSA) is 161 Å². The molecular formula is C33H46N4O8. The number of hydrogen-bond acceptors (Lipinski definition) is 8. The molecule has 45 heavy (non-hydrogen) atoms. The van der Waals surface area contributed by atoms with Crippen molar-refractivity contribution in [2.75, 3.05) is 17.2 Å². The summed E-state index contributed by atoms with van der Waals surface area (Å²) in [6, 6.07) is 11.3. The van der Waals surface area contributed by atoms with Crippen molar-refractivity contribution in [2.45, 2.75) is 92.0 Å². The summed E-state index contributed by atoms with van der Waals surface area (Å²) in [7, 11) is 0. The van der Waals surface area contributed by atoms with E-state index in [9.17, 15) is 24.0 Å². The number of esters is 1. The summed E-state index contributed by atoms with van der Waals surface area (Å²) in [6.45, 7) is 15.5. The summed E-state index contributed by atoms with van der Waals surface area (Å²) in [5.74, 6) is -2.15. The van der Waals surface area contributed by atoms with Gasteiger partial charge in [-0.2, -0.15) is 0 Å². The molecule has 2 aromatic rings. The van der Waals surface area contributed by atoms with E-state index in [0.717, 1.165) is 5.56 Å². The van der Waals surface area contributed by atoms with Crippen molar-refractivity contribution in [3.05, 3.63) is 59.7 Å². The van der Waals surface area contributed by atoms with Crippen LogP contribution in [0.5, 0.6) is 0 Å². The molecule has 0 unspecified atom stereocenters. The summed E-state index contributed by atoms with van der Waals surface area (Å²) >= 11 is 0. The molecule has 0 aliphatic heterocycles. The van der Waals surface area contributed by atoms with Gasteiger partial charge in [0.2, 0.25) is 11.8 Å². The lowest BCUT2D eigenvalue weighted by atomic mass is 10.0. The van der Waals surface area contributed by atoms with Gasteiger partial charge in [0.15, 0.2) is 0 Å². The van der Waals surface area contributed by atoms with Crippen LogP contribution < -0.4 is 21.3 Å². The predicted octanol–water partition coefficient (Wildman–Crippen LogP) is 5.43. The fourth-order valence-corrected chi connectivity index (χ4v) is 4.03. The van der Waals surface area contributed by atoms with Crippen molar-refractivity contribution in [3.8, 4) is 0 Å². The number of alkyl carbamates (subject to hydrolysis) is 2. The number of anilines is 2. The molecule has 0 fully saturated rings.